The fourth-order valence-electron chi connectivity index (χ4n) is 3.67. The number of hydrogen-bond donors (Lipinski definition) is 2. The Balaban J connectivity index is 0.00000272. The van der Waals surface area contributed by atoms with Crippen LogP contribution in [0, 0.1) is 0 Å². The van der Waals surface area contributed by atoms with E-state index >= 15 is 0 Å². The van der Waals surface area contributed by atoms with Crippen LogP contribution >= 0.6 is 27.7 Å². The van der Waals surface area contributed by atoms with Gasteiger partial charge in [-0.25, -0.2) is 4.79 Å². The van der Waals surface area contributed by atoms with E-state index in [1.807, 2.05) is 48.7 Å². The molecule has 0 radical (unpaired) electrons. The average molecular weight is 569 g/mol. The molecule has 4 rings (SSSR count). The highest BCUT2D eigenvalue weighted by Gasteiger charge is 2.53. The lowest BCUT2D eigenvalue weighted by Crippen LogP contribution is -3.00. The fourth-order valence-corrected chi connectivity index (χ4v) is 5.15. The van der Waals surface area contributed by atoms with Crippen LogP contribution in [0.3, 0.4) is 0 Å². The number of thioether (sulfide) groups is 1. The number of alkyl halides is 1. The van der Waals surface area contributed by atoms with Crippen molar-refractivity contribution in [1.29, 1.82) is 0 Å². The molecule has 0 spiro atoms. The number of carbonyl (C=O) groups is 3. The molecule has 2 atom stereocenters. The summed E-state index contributed by atoms with van der Waals surface area (Å²) in [6, 6.07) is 11.4. The lowest BCUT2D eigenvalue weighted by molar-refractivity contribution is -0.661. The number of β-lactam (4-membered cyclic amide) rings is 1. The third-order valence-corrected chi connectivity index (χ3v) is 6.86. The van der Waals surface area contributed by atoms with Crippen LogP contribution in [0.5, 0.6) is 0 Å². The first kappa shape index (κ1) is 23.5. The lowest BCUT2D eigenvalue weighted by atomic mass is 10.0. The van der Waals surface area contributed by atoms with Crippen molar-refractivity contribution in [2.45, 2.75) is 18.0 Å². The van der Waals surface area contributed by atoms with Gasteiger partial charge in [0.2, 0.25) is 11.4 Å². The molecule has 2 aromatic rings. The second-order valence-corrected chi connectivity index (χ2v) is 8.56. The van der Waals surface area contributed by atoms with Gasteiger partial charge in [-0.05, 0) is 23.8 Å². The molecule has 2 aliphatic heterocycles. The Morgan fingerprint density at radius 1 is 1.29 bits per heavy atom. The summed E-state index contributed by atoms with van der Waals surface area (Å²) in [5, 5.41) is 13.2. The van der Waals surface area contributed by atoms with Crippen LogP contribution in [0.2, 0.25) is 0 Å². The summed E-state index contributed by atoms with van der Waals surface area (Å²) in [6.07, 6.45) is 5.65. The van der Waals surface area contributed by atoms with Gasteiger partial charge in [-0.2, -0.15) is 4.57 Å². The Kier molecular flexibility index (Phi) is 7.55. The number of carbonyl (C=O) groups excluding carboxylic acids is 2. The number of para-hydroxylation sites is 1. The van der Waals surface area contributed by atoms with Gasteiger partial charge in [-0.1, -0.05) is 34.1 Å². The molecular weight excluding hydrogens is 550 g/mol. The first-order chi connectivity index (χ1) is 14.5. The van der Waals surface area contributed by atoms with Crippen LogP contribution in [0.15, 0.2) is 66.0 Å². The highest BCUT2D eigenvalue weighted by atomic mass is 79.9. The molecule has 2 amide bonds. The van der Waals surface area contributed by atoms with Gasteiger partial charge in [0.15, 0.2) is 12.7 Å². The summed E-state index contributed by atoms with van der Waals surface area (Å²) in [6.45, 7) is 0.573. The molecule has 0 unspecified atom stereocenters. The maximum atomic E-state index is 12.5. The van der Waals surface area contributed by atoms with Gasteiger partial charge >= 0.3 is 5.97 Å². The SMILES string of the molecule is O=C(CBr)N[C@@H]1C(=O)N2C(C(=O)O)=C(C=CC[n+]3cccc4ccccc43)CS[C@H]12.[Br-]. The molecule has 162 valence electrons. The summed E-state index contributed by atoms with van der Waals surface area (Å²) in [7, 11) is 0. The van der Waals surface area contributed by atoms with E-state index < -0.39 is 23.3 Å². The van der Waals surface area contributed by atoms with Crippen LogP contribution in [-0.2, 0) is 20.9 Å². The van der Waals surface area contributed by atoms with E-state index in [0.29, 0.717) is 17.9 Å². The predicted molar refractivity (Wildman–Crippen MR) is 117 cm³/mol. The molecule has 1 aromatic carbocycles. The van der Waals surface area contributed by atoms with Crippen molar-refractivity contribution in [3.8, 4) is 0 Å². The molecular formula is C21H19Br2N3O4S. The second-order valence-electron chi connectivity index (χ2n) is 6.89. The van der Waals surface area contributed by atoms with Crippen molar-refractivity contribution in [3.63, 3.8) is 0 Å². The standard InChI is InChI=1S/C21H18BrN3O4S.BrH/c22-11-16(26)23-17-19(27)25-18(21(28)29)14(12-30-20(17)25)7-4-10-24-9-3-6-13-5-1-2-8-15(13)24;/h1-9,17,20H,10-12H2,(H-,23,26,28,29);1H/t17-,20-;/m1./s1. The van der Waals surface area contributed by atoms with E-state index in [2.05, 4.69) is 25.8 Å². The number of amides is 2. The molecule has 1 aromatic heterocycles. The minimum absolute atomic E-state index is 0. The monoisotopic (exact) mass is 567 g/mol. The minimum atomic E-state index is -1.14. The second kappa shape index (κ2) is 9.97. The van der Waals surface area contributed by atoms with Crippen molar-refractivity contribution in [2.24, 2.45) is 0 Å². The number of carboxylic acids is 1. The zero-order valence-corrected chi connectivity index (χ0v) is 20.2. The number of rotatable bonds is 6. The highest BCUT2D eigenvalue weighted by Crippen LogP contribution is 2.40. The zero-order chi connectivity index (χ0) is 21.3. The van der Waals surface area contributed by atoms with Gasteiger partial charge in [0.05, 0.1) is 5.33 Å². The van der Waals surface area contributed by atoms with Crippen LogP contribution < -0.4 is 26.9 Å². The molecule has 1 fully saturated rings. The Morgan fingerprint density at radius 3 is 2.77 bits per heavy atom. The van der Waals surface area contributed by atoms with Crippen molar-refractivity contribution >= 4 is 56.4 Å². The quantitative estimate of drug-likeness (QED) is 0.260. The fraction of sp³-hybridized carbons (Fsp3) is 0.238. The van der Waals surface area contributed by atoms with Gasteiger partial charge in [0.25, 0.3) is 5.91 Å². The van der Waals surface area contributed by atoms with E-state index in [1.54, 1.807) is 6.08 Å². The average Bonchev–Trinajstić information content (AvgIpc) is 2.76. The van der Waals surface area contributed by atoms with Gasteiger partial charge in [0, 0.05) is 23.3 Å². The molecule has 2 N–H and O–H groups in total. The molecule has 10 heteroatoms. The van der Waals surface area contributed by atoms with Crippen molar-refractivity contribution < 1.29 is 41.0 Å². The summed E-state index contributed by atoms with van der Waals surface area (Å²) < 4.78 is 2.08. The van der Waals surface area contributed by atoms with Gasteiger partial charge in [0.1, 0.15) is 17.1 Å². The maximum absolute atomic E-state index is 12.5. The number of aliphatic carboxylic acids is 1. The molecule has 0 bridgehead atoms. The number of hydrogen-bond acceptors (Lipinski definition) is 4. The first-order valence-corrected chi connectivity index (χ1v) is 11.5. The van der Waals surface area contributed by atoms with Gasteiger partial charge in [-0.15, -0.1) is 11.8 Å². The number of fused-ring (bicyclic) bond motifs is 2. The van der Waals surface area contributed by atoms with Crippen LogP contribution in [0.1, 0.15) is 0 Å². The number of aromatic nitrogens is 1. The molecule has 2 aliphatic rings. The normalized spacial score (nSPS) is 20.3. The Morgan fingerprint density at radius 2 is 2.03 bits per heavy atom. The summed E-state index contributed by atoms with van der Waals surface area (Å²) in [5.74, 6) is -1.38. The molecule has 1 saturated heterocycles. The maximum Gasteiger partial charge on any atom is 0.352 e. The molecule has 31 heavy (non-hydrogen) atoms. The lowest BCUT2D eigenvalue weighted by Gasteiger charge is -2.49. The zero-order valence-electron chi connectivity index (χ0n) is 16.2. The van der Waals surface area contributed by atoms with Gasteiger partial charge in [-0.3, -0.25) is 14.5 Å². The third kappa shape index (κ3) is 4.56. The summed E-state index contributed by atoms with van der Waals surface area (Å²) >= 11 is 4.50. The van der Waals surface area contributed by atoms with Crippen molar-refractivity contribution in [3.05, 3.63) is 66.0 Å². The molecule has 0 saturated carbocycles. The van der Waals surface area contributed by atoms with Crippen molar-refractivity contribution in [2.75, 3.05) is 11.1 Å². The van der Waals surface area contributed by atoms with Crippen LogP contribution in [0.25, 0.3) is 10.9 Å². The highest BCUT2D eigenvalue weighted by molar-refractivity contribution is 9.09. The topological polar surface area (TPSA) is 90.6 Å². The van der Waals surface area contributed by atoms with E-state index in [-0.39, 0.29) is 33.9 Å². The Bertz CT molecular complexity index is 1100. The largest absolute Gasteiger partial charge is 1.00 e. The van der Waals surface area contributed by atoms with Crippen LogP contribution in [0.4, 0.5) is 0 Å². The van der Waals surface area contributed by atoms with E-state index in [4.69, 9.17) is 0 Å². The van der Waals surface area contributed by atoms with E-state index in [0.717, 1.165) is 10.9 Å². The number of pyridine rings is 1. The van der Waals surface area contributed by atoms with E-state index in [9.17, 15) is 19.5 Å². The predicted octanol–water partition coefficient (Wildman–Crippen LogP) is -1.18. The smallest absolute Gasteiger partial charge is 0.352 e. The minimum Gasteiger partial charge on any atom is -1.00 e. The number of halogens is 2. The van der Waals surface area contributed by atoms with Gasteiger partial charge < -0.3 is 27.4 Å². The number of nitrogens with one attached hydrogen (secondary N) is 1. The van der Waals surface area contributed by atoms with Crippen LogP contribution in [-0.4, -0.2) is 50.3 Å². The number of allylic oxidation sites excluding steroid dienone is 2. The molecule has 3 heterocycles. The first-order valence-electron chi connectivity index (χ1n) is 9.31. The summed E-state index contributed by atoms with van der Waals surface area (Å²) in [5.41, 5.74) is 1.66. The Hall–Kier alpha value is -2.17. The summed E-state index contributed by atoms with van der Waals surface area (Å²) in [4.78, 5) is 37.3. The number of nitrogens with zero attached hydrogens (tertiary/aromatic N) is 2. The number of carboxylic acid groups (broad SMARTS) is 1. The molecule has 7 nitrogen and oxygen atoms in total. The Labute approximate surface area is 202 Å². The number of benzene rings is 1. The third-order valence-electron chi connectivity index (χ3n) is 5.05. The van der Waals surface area contributed by atoms with Crippen molar-refractivity contribution in [1.82, 2.24) is 10.2 Å². The van der Waals surface area contributed by atoms with E-state index in [1.165, 1.54) is 16.7 Å². The molecule has 0 aliphatic carbocycles.